The van der Waals surface area contributed by atoms with Crippen LogP contribution in [0.5, 0.6) is 11.5 Å². The molecular weight excluding hydrogens is 462 g/mol. The van der Waals surface area contributed by atoms with Crippen molar-refractivity contribution in [1.82, 2.24) is 9.78 Å². The zero-order chi connectivity index (χ0) is 22.0. The zero-order valence-corrected chi connectivity index (χ0v) is 17.5. The molecule has 0 atom stereocenters. The Labute approximate surface area is 185 Å². The van der Waals surface area contributed by atoms with Gasteiger partial charge >= 0.3 is 0 Å². The molecule has 0 bridgehead atoms. The van der Waals surface area contributed by atoms with E-state index in [0.29, 0.717) is 32.9 Å². The average Bonchev–Trinajstić information content (AvgIpc) is 3.11. The van der Waals surface area contributed by atoms with Gasteiger partial charge in [0.1, 0.15) is 34.6 Å². The Kier molecular flexibility index (Phi) is 5.39. The number of nitriles is 1. The number of aromatic nitrogens is 2. The molecule has 0 amide bonds. The summed E-state index contributed by atoms with van der Waals surface area (Å²) < 4.78 is 7.66. The molecule has 0 aliphatic rings. The van der Waals surface area contributed by atoms with Crippen LogP contribution in [0, 0.1) is 21.4 Å². The highest BCUT2D eigenvalue weighted by Gasteiger charge is 2.21. The number of halogens is 1. The number of anilines is 1. The van der Waals surface area contributed by atoms with Gasteiger partial charge in [-0.25, -0.2) is 4.68 Å². The second-order valence-corrected chi connectivity index (χ2v) is 7.32. The predicted octanol–water partition coefficient (Wildman–Crippen LogP) is 5.46. The van der Waals surface area contributed by atoms with E-state index in [4.69, 9.17) is 10.5 Å². The van der Waals surface area contributed by atoms with Gasteiger partial charge in [-0.15, -0.1) is 0 Å². The minimum Gasteiger partial charge on any atom is -0.457 e. The summed E-state index contributed by atoms with van der Waals surface area (Å²) in [6.45, 7) is 0. The van der Waals surface area contributed by atoms with E-state index in [2.05, 4.69) is 27.1 Å². The van der Waals surface area contributed by atoms with Crippen molar-refractivity contribution < 1.29 is 9.66 Å². The first-order chi connectivity index (χ1) is 15.0. The van der Waals surface area contributed by atoms with Crippen LogP contribution in [0.1, 0.15) is 5.56 Å². The van der Waals surface area contributed by atoms with Gasteiger partial charge in [0.2, 0.25) is 0 Å². The maximum absolute atomic E-state index is 11.2. The summed E-state index contributed by atoms with van der Waals surface area (Å²) in [7, 11) is 0. The van der Waals surface area contributed by atoms with E-state index in [1.807, 2.05) is 30.3 Å². The summed E-state index contributed by atoms with van der Waals surface area (Å²) in [6, 6.07) is 22.8. The molecule has 1 heterocycles. The normalized spacial score (nSPS) is 10.5. The Hall–Kier alpha value is -4.16. The maximum Gasteiger partial charge on any atom is 0.271 e. The van der Waals surface area contributed by atoms with Gasteiger partial charge in [0.15, 0.2) is 0 Å². The van der Waals surface area contributed by atoms with Crippen molar-refractivity contribution in [2.75, 3.05) is 5.73 Å². The van der Waals surface area contributed by atoms with Crippen molar-refractivity contribution in [2.45, 2.75) is 0 Å². The molecule has 152 valence electrons. The molecule has 0 saturated carbocycles. The summed E-state index contributed by atoms with van der Waals surface area (Å²) in [5, 5.41) is 25.3. The molecule has 8 nitrogen and oxygen atoms in total. The fraction of sp³-hybridized carbons (Fsp3) is 0. The molecule has 4 aromatic rings. The van der Waals surface area contributed by atoms with Crippen molar-refractivity contribution in [2.24, 2.45) is 0 Å². The van der Waals surface area contributed by atoms with E-state index in [-0.39, 0.29) is 17.1 Å². The summed E-state index contributed by atoms with van der Waals surface area (Å²) in [5.74, 6) is 1.42. The monoisotopic (exact) mass is 475 g/mol. The van der Waals surface area contributed by atoms with Crippen molar-refractivity contribution in [1.29, 1.82) is 5.26 Å². The van der Waals surface area contributed by atoms with Crippen molar-refractivity contribution >= 4 is 27.4 Å². The molecule has 0 aliphatic carbocycles. The van der Waals surface area contributed by atoms with Gasteiger partial charge in [0.05, 0.1) is 10.6 Å². The number of nitro benzene ring substituents is 1. The lowest BCUT2D eigenvalue weighted by Crippen LogP contribution is -2.04. The molecule has 0 unspecified atom stereocenters. The average molecular weight is 476 g/mol. The first kappa shape index (κ1) is 20.1. The van der Waals surface area contributed by atoms with Gasteiger partial charge in [0.25, 0.3) is 5.69 Å². The topological polar surface area (TPSA) is 120 Å². The van der Waals surface area contributed by atoms with Gasteiger partial charge in [-0.2, -0.15) is 10.4 Å². The van der Waals surface area contributed by atoms with Crippen LogP contribution in [0.4, 0.5) is 11.5 Å². The number of hydrogen-bond acceptors (Lipinski definition) is 6. The fourth-order valence-electron chi connectivity index (χ4n) is 3.01. The van der Waals surface area contributed by atoms with Crippen molar-refractivity contribution in [3.05, 3.63) is 92.9 Å². The van der Waals surface area contributed by atoms with Gasteiger partial charge in [-0.05, 0) is 58.4 Å². The SMILES string of the molecule is N#Cc1c(-c2ccc(Oc3ccccc3)cc2)nn(-c2cc([N+](=O)[O-])ccc2Br)c1N. The minimum absolute atomic E-state index is 0.0864. The molecule has 0 fully saturated rings. The van der Waals surface area contributed by atoms with Crippen LogP contribution >= 0.6 is 15.9 Å². The van der Waals surface area contributed by atoms with E-state index < -0.39 is 4.92 Å². The molecule has 0 saturated heterocycles. The van der Waals surface area contributed by atoms with E-state index in [9.17, 15) is 15.4 Å². The smallest absolute Gasteiger partial charge is 0.271 e. The van der Waals surface area contributed by atoms with E-state index in [0.717, 1.165) is 0 Å². The number of nitrogen functional groups attached to an aromatic ring is 1. The third kappa shape index (κ3) is 3.97. The third-order valence-electron chi connectivity index (χ3n) is 4.51. The molecule has 0 radical (unpaired) electrons. The van der Waals surface area contributed by atoms with E-state index >= 15 is 0 Å². The second-order valence-electron chi connectivity index (χ2n) is 6.46. The zero-order valence-electron chi connectivity index (χ0n) is 15.9. The molecular formula is C22H14BrN5O3. The van der Waals surface area contributed by atoms with Crippen LogP contribution in [-0.4, -0.2) is 14.7 Å². The lowest BCUT2D eigenvalue weighted by atomic mass is 10.1. The number of non-ortho nitro benzene ring substituents is 1. The second kappa shape index (κ2) is 8.30. The third-order valence-corrected chi connectivity index (χ3v) is 5.18. The van der Waals surface area contributed by atoms with E-state index in [1.54, 1.807) is 24.3 Å². The molecule has 3 aromatic carbocycles. The van der Waals surface area contributed by atoms with Gasteiger partial charge < -0.3 is 10.5 Å². The minimum atomic E-state index is -0.507. The lowest BCUT2D eigenvalue weighted by molar-refractivity contribution is -0.384. The molecule has 9 heteroatoms. The number of ether oxygens (including phenoxy) is 1. The van der Waals surface area contributed by atoms with Gasteiger partial charge in [0, 0.05) is 22.2 Å². The van der Waals surface area contributed by atoms with E-state index in [1.165, 1.54) is 22.9 Å². The Bertz CT molecular complexity index is 1310. The van der Waals surface area contributed by atoms with Crippen LogP contribution < -0.4 is 10.5 Å². The number of para-hydroxylation sites is 1. The Morgan fingerprint density at radius 2 is 1.74 bits per heavy atom. The standard InChI is InChI=1S/C22H14BrN5O3/c23-19-11-8-15(28(29)30)12-20(19)27-22(25)18(13-24)21(26-27)14-6-9-17(10-7-14)31-16-4-2-1-3-5-16/h1-12H,25H2. The summed E-state index contributed by atoms with van der Waals surface area (Å²) >= 11 is 3.37. The van der Waals surface area contributed by atoms with Crippen molar-refractivity contribution in [3.63, 3.8) is 0 Å². The number of nitrogens with two attached hydrogens (primary N) is 1. The maximum atomic E-state index is 11.2. The van der Waals surface area contributed by atoms with Gasteiger partial charge in [-0.1, -0.05) is 18.2 Å². The van der Waals surface area contributed by atoms with Crippen LogP contribution in [0.3, 0.4) is 0 Å². The molecule has 0 aliphatic heterocycles. The number of hydrogen-bond donors (Lipinski definition) is 1. The fourth-order valence-corrected chi connectivity index (χ4v) is 3.42. The van der Waals surface area contributed by atoms with Crippen molar-refractivity contribution in [3.8, 4) is 34.5 Å². The Balaban J connectivity index is 1.73. The molecule has 4 rings (SSSR count). The highest BCUT2D eigenvalue weighted by Crippen LogP contribution is 2.33. The number of benzene rings is 3. The van der Waals surface area contributed by atoms with Crippen LogP contribution in [0.25, 0.3) is 16.9 Å². The largest absolute Gasteiger partial charge is 0.457 e. The number of nitrogens with zero attached hydrogens (tertiary/aromatic N) is 4. The first-order valence-corrected chi connectivity index (χ1v) is 9.83. The summed E-state index contributed by atoms with van der Waals surface area (Å²) in [4.78, 5) is 10.7. The highest BCUT2D eigenvalue weighted by atomic mass is 79.9. The molecule has 0 spiro atoms. The molecule has 1 aromatic heterocycles. The number of rotatable bonds is 5. The molecule has 2 N–H and O–H groups in total. The summed E-state index contributed by atoms with van der Waals surface area (Å²) in [5.41, 5.74) is 7.62. The van der Waals surface area contributed by atoms with Crippen LogP contribution in [0.2, 0.25) is 0 Å². The Morgan fingerprint density at radius 1 is 1.06 bits per heavy atom. The first-order valence-electron chi connectivity index (χ1n) is 9.04. The molecule has 31 heavy (non-hydrogen) atoms. The Morgan fingerprint density at radius 3 is 2.39 bits per heavy atom. The number of nitro groups is 1. The lowest BCUT2D eigenvalue weighted by Gasteiger charge is -2.07. The predicted molar refractivity (Wildman–Crippen MR) is 119 cm³/mol. The van der Waals surface area contributed by atoms with Gasteiger partial charge in [-0.3, -0.25) is 10.1 Å². The van der Waals surface area contributed by atoms with Crippen LogP contribution in [-0.2, 0) is 0 Å². The van der Waals surface area contributed by atoms with Crippen LogP contribution in [0.15, 0.2) is 77.3 Å². The highest BCUT2D eigenvalue weighted by molar-refractivity contribution is 9.10. The summed E-state index contributed by atoms with van der Waals surface area (Å²) in [6.07, 6.45) is 0. The quantitative estimate of drug-likeness (QED) is 0.302.